The van der Waals surface area contributed by atoms with E-state index in [4.69, 9.17) is 5.73 Å². The van der Waals surface area contributed by atoms with Gasteiger partial charge in [-0.25, -0.2) is 4.39 Å². The Kier molecular flexibility index (Phi) is 4.30. The van der Waals surface area contributed by atoms with E-state index in [1.807, 2.05) is 23.9 Å². The van der Waals surface area contributed by atoms with E-state index in [0.29, 0.717) is 18.3 Å². The smallest absolute Gasteiger partial charge is 0.127 e. The van der Waals surface area contributed by atoms with Crippen LogP contribution in [0.4, 0.5) is 4.39 Å². The highest BCUT2D eigenvalue weighted by Crippen LogP contribution is 2.39. The molecule has 0 radical (unpaired) electrons. The van der Waals surface area contributed by atoms with E-state index in [1.54, 1.807) is 6.07 Å². The van der Waals surface area contributed by atoms with Gasteiger partial charge in [-0.05, 0) is 25.3 Å². The number of rotatable bonds is 4. The molecule has 1 heterocycles. The lowest BCUT2D eigenvalue weighted by molar-refractivity contribution is 0.120. The SMILES string of the molecule is CC1SCCC1(CN)N(C)Cc1ccccc1F. The molecule has 1 aromatic carbocycles. The van der Waals surface area contributed by atoms with Gasteiger partial charge in [-0.3, -0.25) is 4.90 Å². The van der Waals surface area contributed by atoms with E-state index in [9.17, 15) is 4.39 Å². The Morgan fingerprint density at radius 1 is 1.50 bits per heavy atom. The lowest BCUT2D eigenvalue weighted by Gasteiger charge is -2.41. The first-order chi connectivity index (χ1) is 8.60. The summed E-state index contributed by atoms with van der Waals surface area (Å²) in [5.74, 6) is 1.01. The first kappa shape index (κ1) is 13.8. The van der Waals surface area contributed by atoms with Crippen molar-refractivity contribution in [2.24, 2.45) is 5.73 Å². The molecule has 1 aliphatic rings. The molecule has 0 amide bonds. The lowest BCUT2D eigenvalue weighted by Crippen LogP contribution is -2.55. The Hall–Kier alpha value is -0.580. The molecule has 0 aromatic heterocycles. The zero-order chi connectivity index (χ0) is 13.2. The summed E-state index contributed by atoms with van der Waals surface area (Å²) in [6.07, 6.45) is 1.08. The molecule has 2 nitrogen and oxygen atoms in total. The number of thioether (sulfide) groups is 1. The quantitative estimate of drug-likeness (QED) is 0.909. The number of likely N-dealkylation sites (N-methyl/N-ethyl adjacent to an activating group) is 1. The van der Waals surface area contributed by atoms with E-state index < -0.39 is 0 Å². The number of halogens is 1. The minimum Gasteiger partial charge on any atom is -0.329 e. The van der Waals surface area contributed by atoms with Crippen LogP contribution in [0.2, 0.25) is 0 Å². The van der Waals surface area contributed by atoms with Crippen LogP contribution in [-0.2, 0) is 6.54 Å². The summed E-state index contributed by atoms with van der Waals surface area (Å²) in [5, 5.41) is 0.499. The van der Waals surface area contributed by atoms with Gasteiger partial charge in [0, 0.05) is 29.4 Å². The van der Waals surface area contributed by atoms with Crippen LogP contribution in [0.3, 0.4) is 0 Å². The minimum atomic E-state index is -0.130. The maximum Gasteiger partial charge on any atom is 0.127 e. The van der Waals surface area contributed by atoms with Crippen molar-refractivity contribution >= 4 is 11.8 Å². The van der Waals surface area contributed by atoms with Gasteiger partial charge in [0.1, 0.15) is 5.82 Å². The average Bonchev–Trinajstić information content (AvgIpc) is 2.74. The predicted molar refractivity (Wildman–Crippen MR) is 76.2 cm³/mol. The summed E-state index contributed by atoms with van der Waals surface area (Å²) in [4.78, 5) is 2.23. The molecule has 18 heavy (non-hydrogen) atoms. The van der Waals surface area contributed by atoms with E-state index >= 15 is 0 Å². The molecule has 1 fully saturated rings. The Morgan fingerprint density at radius 2 is 2.22 bits per heavy atom. The molecule has 0 bridgehead atoms. The molecule has 1 aromatic rings. The highest BCUT2D eigenvalue weighted by atomic mass is 32.2. The van der Waals surface area contributed by atoms with Gasteiger partial charge in [0.2, 0.25) is 0 Å². The summed E-state index contributed by atoms with van der Waals surface area (Å²) < 4.78 is 13.7. The fourth-order valence-electron chi connectivity index (χ4n) is 2.74. The molecule has 2 unspecified atom stereocenters. The standard InChI is InChI=1S/C14H21FN2S/c1-11-14(10-16,7-8-18-11)17(2)9-12-5-3-4-6-13(12)15/h3-6,11H,7-10,16H2,1-2H3. The minimum absolute atomic E-state index is 0.00689. The molecule has 1 aliphatic heterocycles. The molecule has 2 rings (SSSR count). The van der Waals surface area contributed by atoms with Crippen molar-refractivity contribution in [3.8, 4) is 0 Å². The van der Waals surface area contributed by atoms with Crippen molar-refractivity contribution in [1.82, 2.24) is 4.90 Å². The number of hydrogen-bond acceptors (Lipinski definition) is 3. The molecule has 2 atom stereocenters. The summed E-state index contributed by atoms with van der Waals surface area (Å²) in [5.41, 5.74) is 6.76. The van der Waals surface area contributed by atoms with Crippen molar-refractivity contribution in [2.75, 3.05) is 19.3 Å². The van der Waals surface area contributed by atoms with Crippen molar-refractivity contribution in [3.05, 3.63) is 35.6 Å². The van der Waals surface area contributed by atoms with Crippen molar-refractivity contribution in [1.29, 1.82) is 0 Å². The molecule has 0 saturated carbocycles. The third kappa shape index (κ3) is 2.42. The van der Waals surface area contributed by atoms with Crippen LogP contribution >= 0.6 is 11.8 Å². The molecule has 1 saturated heterocycles. The normalized spacial score (nSPS) is 27.9. The van der Waals surface area contributed by atoms with Gasteiger partial charge in [-0.2, -0.15) is 11.8 Å². The Balaban J connectivity index is 2.16. The van der Waals surface area contributed by atoms with Crippen LogP contribution in [0.15, 0.2) is 24.3 Å². The van der Waals surface area contributed by atoms with Crippen LogP contribution in [0.5, 0.6) is 0 Å². The van der Waals surface area contributed by atoms with Crippen LogP contribution in [-0.4, -0.2) is 35.0 Å². The summed E-state index contributed by atoms with van der Waals surface area (Å²) in [7, 11) is 2.06. The van der Waals surface area contributed by atoms with E-state index in [-0.39, 0.29) is 11.4 Å². The fourth-order valence-corrected chi connectivity index (χ4v) is 4.26. The molecule has 0 spiro atoms. The number of benzene rings is 1. The van der Waals surface area contributed by atoms with Gasteiger partial charge >= 0.3 is 0 Å². The number of nitrogens with zero attached hydrogens (tertiary/aromatic N) is 1. The molecule has 4 heteroatoms. The zero-order valence-electron chi connectivity index (χ0n) is 11.0. The van der Waals surface area contributed by atoms with Gasteiger partial charge in [-0.1, -0.05) is 25.1 Å². The second-order valence-electron chi connectivity index (χ2n) is 5.02. The van der Waals surface area contributed by atoms with Gasteiger partial charge in [-0.15, -0.1) is 0 Å². The summed E-state index contributed by atoms with van der Waals surface area (Å²) >= 11 is 1.96. The molecular formula is C14H21FN2S. The zero-order valence-corrected chi connectivity index (χ0v) is 11.8. The van der Waals surface area contributed by atoms with Gasteiger partial charge in [0.15, 0.2) is 0 Å². The number of nitrogens with two attached hydrogens (primary N) is 1. The highest BCUT2D eigenvalue weighted by Gasteiger charge is 2.43. The van der Waals surface area contributed by atoms with Crippen LogP contribution < -0.4 is 5.73 Å². The van der Waals surface area contributed by atoms with Gasteiger partial charge in [0.25, 0.3) is 0 Å². The third-order valence-corrected chi connectivity index (χ3v) is 5.52. The Morgan fingerprint density at radius 3 is 2.78 bits per heavy atom. The average molecular weight is 268 g/mol. The Bertz CT molecular complexity index is 413. The van der Waals surface area contributed by atoms with Crippen LogP contribution in [0.1, 0.15) is 18.9 Å². The van der Waals surface area contributed by atoms with Gasteiger partial charge in [0.05, 0.1) is 0 Å². The molecule has 100 valence electrons. The first-order valence-corrected chi connectivity index (χ1v) is 7.41. The summed E-state index contributed by atoms with van der Waals surface area (Å²) in [6, 6.07) is 6.98. The highest BCUT2D eigenvalue weighted by molar-refractivity contribution is 8.00. The maximum atomic E-state index is 13.7. The topological polar surface area (TPSA) is 29.3 Å². The fraction of sp³-hybridized carbons (Fsp3) is 0.571. The summed E-state index contributed by atoms with van der Waals surface area (Å²) in [6.45, 7) is 3.48. The number of hydrogen-bond donors (Lipinski definition) is 1. The second kappa shape index (κ2) is 5.59. The van der Waals surface area contributed by atoms with E-state index in [0.717, 1.165) is 17.7 Å². The van der Waals surface area contributed by atoms with Gasteiger partial charge < -0.3 is 5.73 Å². The maximum absolute atomic E-state index is 13.7. The van der Waals surface area contributed by atoms with Crippen LogP contribution in [0, 0.1) is 5.82 Å². The molecule has 0 aliphatic carbocycles. The van der Waals surface area contributed by atoms with E-state index in [1.165, 1.54) is 6.07 Å². The molecular weight excluding hydrogens is 247 g/mol. The van der Waals surface area contributed by atoms with Crippen LogP contribution in [0.25, 0.3) is 0 Å². The largest absolute Gasteiger partial charge is 0.329 e. The first-order valence-electron chi connectivity index (χ1n) is 6.36. The monoisotopic (exact) mass is 268 g/mol. The van der Waals surface area contributed by atoms with E-state index in [2.05, 4.69) is 18.9 Å². The second-order valence-corrected chi connectivity index (χ2v) is 6.47. The van der Waals surface area contributed by atoms with Crippen molar-refractivity contribution in [3.63, 3.8) is 0 Å². The lowest BCUT2D eigenvalue weighted by atomic mass is 9.90. The van der Waals surface area contributed by atoms with Crippen molar-refractivity contribution in [2.45, 2.75) is 30.7 Å². The van der Waals surface area contributed by atoms with Crippen molar-refractivity contribution < 1.29 is 4.39 Å². The Labute approximate surface area is 113 Å². The third-order valence-electron chi connectivity index (χ3n) is 4.14. The predicted octanol–water partition coefficient (Wildman–Crippen LogP) is 2.48. The molecule has 2 N–H and O–H groups in total.